The standard InChI is InChI=1S/C26H29Cl2N3O5/c1-25(2,3)26(4,35)15-36-22-13-20(30-31(22)21-12-8-7-11-18(21)28)24(34)29-19(14-23(32)33)16-9-5-6-10-17(16)27/h5-13,19,35H,14-15H2,1-4H3,(H,29,34)(H,32,33)/t19-,26+/m0/s1. The van der Waals surface area contributed by atoms with E-state index in [1.165, 1.54) is 10.7 Å². The third-order valence-corrected chi connectivity index (χ3v) is 6.74. The van der Waals surface area contributed by atoms with E-state index in [1.807, 2.05) is 20.8 Å². The first kappa shape index (κ1) is 27.5. The summed E-state index contributed by atoms with van der Waals surface area (Å²) in [7, 11) is 0. The van der Waals surface area contributed by atoms with E-state index in [0.717, 1.165) is 0 Å². The molecule has 0 aliphatic heterocycles. The molecule has 192 valence electrons. The molecule has 8 nitrogen and oxygen atoms in total. The van der Waals surface area contributed by atoms with E-state index in [2.05, 4.69) is 10.4 Å². The maximum absolute atomic E-state index is 13.2. The van der Waals surface area contributed by atoms with Crippen molar-refractivity contribution in [2.75, 3.05) is 6.61 Å². The van der Waals surface area contributed by atoms with Gasteiger partial charge in [0.1, 0.15) is 12.2 Å². The molecule has 10 heteroatoms. The fraction of sp³-hybridized carbons (Fsp3) is 0.346. The number of nitrogens with one attached hydrogen (secondary N) is 1. The summed E-state index contributed by atoms with van der Waals surface area (Å²) in [4.78, 5) is 24.7. The van der Waals surface area contributed by atoms with Crippen molar-refractivity contribution >= 4 is 35.1 Å². The lowest BCUT2D eigenvalue weighted by Crippen LogP contribution is -2.45. The Morgan fingerprint density at radius 1 is 1.06 bits per heavy atom. The second kappa shape index (κ2) is 10.9. The Morgan fingerprint density at radius 2 is 1.67 bits per heavy atom. The summed E-state index contributed by atoms with van der Waals surface area (Å²) in [6, 6.07) is 14.1. The summed E-state index contributed by atoms with van der Waals surface area (Å²) in [5, 5.41) is 28.1. The van der Waals surface area contributed by atoms with Crippen molar-refractivity contribution in [1.29, 1.82) is 0 Å². The van der Waals surface area contributed by atoms with Gasteiger partial charge in [0.2, 0.25) is 5.88 Å². The van der Waals surface area contributed by atoms with Crippen molar-refractivity contribution < 1.29 is 24.5 Å². The molecule has 0 saturated heterocycles. The molecular formula is C26H29Cl2N3O5. The molecule has 0 fully saturated rings. The summed E-state index contributed by atoms with van der Waals surface area (Å²) in [6.45, 7) is 7.25. The SMILES string of the molecule is CC(C)(C)[C@](C)(O)COc1cc(C(=O)N[C@@H](CC(=O)O)c2ccccc2Cl)nn1-c1ccccc1Cl. The number of carbonyl (C=O) groups excluding carboxylic acids is 1. The van der Waals surface area contributed by atoms with Gasteiger partial charge in [-0.15, -0.1) is 0 Å². The summed E-state index contributed by atoms with van der Waals surface area (Å²) in [6.07, 6.45) is -0.376. The molecule has 2 atom stereocenters. The minimum absolute atomic E-state index is 0.0252. The van der Waals surface area contributed by atoms with E-state index < -0.39 is 28.9 Å². The average molecular weight is 534 g/mol. The third-order valence-electron chi connectivity index (χ3n) is 6.07. The molecule has 3 rings (SSSR count). The van der Waals surface area contributed by atoms with Gasteiger partial charge in [-0.2, -0.15) is 9.78 Å². The number of hydrogen-bond donors (Lipinski definition) is 3. The van der Waals surface area contributed by atoms with Crippen molar-refractivity contribution in [2.24, 2.45) is 5.41 Å². The third kappa shape index (κ3) is 6.37. The fourth-order valence-corrected chi connectivity index (χ4v) is 3.69. The number of benzene rings is 2. The molecule has 36 heavy (non-hydrogen) atoms. The Bertz CT molecular complexity index is 1250. The van der Waals surface area contributed by atoms with Crippen molar-refractivity contribution in [3.63, 3.8) is 0 Å². The van der Waals surface area contributed by atoms with E-state index in [1.54, 1.807) is 55.5 Å². The molecule has 1 amide bonds. The smallest absolute Gasteiger partial charge is 0.305 e. The molecule has 2 aromatic carbocycles. The van der Waals surface area contributed by atoms with Crippen LogP contribution in [0.15, 0.2) is 54.6 Å². The fourth-order valence-electron chi connectivity index (χ4n) is 3.21. The molecule has 0 spiro atoms. The Balaban J connectivity index is 1.97. The summed E-state index contributed by atoms with van der Waals surface area (Å²) in [5.41, 5.74) is -0.763. The Labute approximate surface area is 219 Å². The Hall–Kier alpha value is -3.07. The second-order valence-electron chi connectivity index (χ2n) is 9.69. The van der Waals surface area contributed by atoms with Crippen molar-refractivity contribution in [2.45, 2.75) is 45.8 Å². The quantitative estimate of drug-likeness (QED) is 0.343. The highest BCUT2D eigenvalue weighted by molar-refractivity contribution is 6.32. The highest BCUT2D eigenvalue weighted by Gasteiger charge is 2.36. The first-order chi connectivity index (χ1) is 16.8. The number of hydrogen-bond acceptors (Lipinski definition) is 5. The zero-order valence-corrected chi connectivity index (χ0v) is 22.0. The lowest BCUT2D eigenvalue weighted by atomic mass is 9.78. The number of nitrogens with zero attached hydrogens (tertiary/aromatic N) is 2. The number of aromatic nitrogens is 2. The molecule has 0 bridgehead atoms. The molecule has 0 aliphatic rings. The lowest BCUT2D eigenvalue weighted by molar-refractivity contribution is -0.137. The molecule has 1 aromatic heterocycles. The predicted molar refractivity (Wildman–Crippen MR) is 138 cm³/mol. The highest BCUT2D eigenvalue weighted by Crippen LogP contribution is 2.32. The lowest BCUT2D eigenvalue weighted by Gasteiger charge is -2.36. The van der Waals surface area contributed by atoms with Crippen LogP contribution in [0.3, 0.4) is 0 Å². The molecule has 1 heterocycles. The monoisotopic (exact) mass is 533 g/mol. The molecule has 0 radical (unpaired) electrons. The zero-order valence-electron chi connectivity index (χ0n) is 20.5. The molecular weight excluding hydrogens is 505 g/mol. The molecule has 3 aromatic rings. The van der Waals surface area contributed by atoms with Gasteiger partial charge in [-0.25, -0.2) is 0 Å². The normalized spacial score (nSPS) is 14.1. The minimum Gasteiger partial charge on any atom is -0.481 e. The van der Waals surface area contributed by atoms with Crippen LogP contribution in [0.25, 0.3) is 5.69 Å². The van der Waals surface area contributed by atoms with Crippen LogP contribution in [-0.2, 0) is 4.79 Å². The van der Waals surface area contributed by atoms with Crippen LogP contribution in [0.4, 0.5) is 0 Å². The molecule has 0 saturated carbocycles. The van der Waals surface area contributed by atoms with Crippen LogP contribution in [0, 0.1) is 5.41 Å². The summed E-state index contributed by atoms with van der Waals surface area (Å²) < 4.78 is 7.31. The van der Waals surface area contributed by atoms with Gasteiger partial charge in [0.15, 0.2) is 5.69 Å². The van der Waals surface area contributed by atoms with Crippen LogP contribution >= 0.6 is 23.2 Å². The number of halogens is 2. The number of aliphatic hydroxyl groups is 1. The van der Waals surface area contributed by atoms with Gasteiger partial charge in [0.05, 0.1) is 23.2 Å². The number of ether oxygens (including phenoxy) is 1. The Morgan fingerprint density at radius 3 is 2.25 bits per heavy atom. The number of amides is 1. The summed E-state index contributed by atoms with van der Waals surface area (Å²) in [5.74, 6) is -1.54. The van der Waals surface area contributed by atoms with Gasteiger partial charge in [0, 0.05) is 11.1 Å². The van der Waals surface area contributed by atoms with Crippen molar-refractivity contribution in [3.05, 3.63) is 75.9 Å². The second-order valence-corrected chi connectivity index (χ2v) is 10.5. The van der Waals surface area contributed by atoms with Crippen molar-refractivity contribution in [1.82, 2.24) is 15.1 Å². The van der Waals surface area contributed by atoms with E-state index in [-0.39, 0.29) is 24.6 Å². The van der Waals surface area contributed by atoms with Gasteiger partial charge in [0.25, 0.3) is 5.91 Å². The van der Waals surface area contributed by atoms with E-state index in [9.17, 15) is 19.8 Å². The van der Waals surface area contributed by atoms with E-state index >= 15 is 0 Å². The highest BCUT2D eigenvalue weighted by atomic mass is 35.5. The molecule has 3 N–H and O–H groups in total. The van der Waals surface area contributed by atoms with Gasteiger partial charge < -0.3 is 20.3 Å². The minimum atomic E-state index is -1.19. The summed E-state index contributed by atoms with van der Waals surface area (Å²) >= 11 is 12.6. The number of aliphatic carboxylic acids is 1. The van der Waals surface area contributed by atoms with Crippen LogP contribution < -0.4 is 10.1 Å². The topological polar surface area (TPSA) is 114 Å². The van der Waals surface area contributed by atoms with E-state index in [4.69, 9.17) is 27.9 Å². The van der Waals surface area contributed by atoms with Gasteiger partial charge >= 0.3 is 5.97 Å². The van der Waals surface area contributed by atoms with Crippen LogP contribution in [-0.4, -0.2) is 44.1 Å². The van der Waals surface area contributed by atoms with Crippen LogP contribution in [0.5, 0.6) is 5.88 Å². The molecule has 0 unspecified atom stereocenters. The first-order valence-electron chi connectivity index (χ1n) is 11.3. The van der Waals surface area contributed by atoms with Gasteiger partial charge in [-0.1, -0.05) is 74.3 Å². The number of carboxylic acid groups (broad SMARTS) is 1. The van der Waals surface area contributed by atoms with E-state index in [0.29, 0.717) is 21.3 Å². The predicted octanol–water partition coefficient (Wildman–Crippen LogP) is 5.30. The first-order valence-corrected chi connectivity index (χ1v) is 12.0. The number of carbonyl (C=O) groups is 2. The average Bonchev–Trinajstić information content (AvgIpc) is 3.21. The van der Waals surface area contributed by atoms with Crippen molar-refractivity contribution in [3.8, 4) is 11.6 Å². The van der Waals surface area contributed by atoms with Gasteiger partial charge in [-0.05, 0) is 36.1 Å². The number of rotatable bonds is 9. The number of para-hydroxylation sites is 1. The van der Waals surface area contributed by atoms with Crippen LogP contribution in [0.1, 0.15) is 56.2 Å². The van der Waals surface area contributed by atoms with Crippen LogP contribution in [0.2, 0.25) is 10.0 Å². The number of carboxylic acids is 1. The Kier molecular flexibility index (Phi) is 8.33. The largest absolute Gasteiger partial charge is 0.481 e. The molecule has 0 aliphatic carbocycles. The maximum atomic E-state index is 13.2. The van der Waals surface area contributed by atoms with Gasteiger partial charge in [-0.3, -0.25) is 9.59 Å². The maximum Gasteiger partial charge on any atom is 0.305 e. The zero-order chi connectivity index (χ0) is 26.7.